The molecule has 1 N–H and O–H groups in total. The summed E-state index contributed by atoms with van der Waals surface area (Å²) in [5, 5.41) is 9.74. The molecule has 1 aromatic rings. The average molecular weight is 214 g/mol. The molecular formula is C13H14N2O. The predicted octanol–water partition coefficient (Wildman–Crippen LogP) is 1.90. The topological polar surface area (TPSA) is 45.5 Å². The highest BCUT2D eigenvalue weighted by Gasteiger charge is 2.10. The van der Waals surface area contributed by atoms with Crippen molar-refractivity contribution in [3.63, 3.8) is 0 Å². The van der Waals surface area contributed by atoms with Crippen LogP contribution in [-0.2, 0) is 6.54 Å². The molecule has 1 aliphatic carbocycles. The normalized spacial score (nSPS) is 22.2. The zero-order valence-corrected chi connectivity index (χ0v) is 9.17. The van der Waals surface area contributed by atoms with Crippen LogP contribution >= 0.6 is 0 Å². The van der Waals surface area contributed by atoms with Crippen LogP contribution in [-0.4, -0.2) is 21.9 Å². The van der Waals surface area contributed by atoms with E-state index in [-0.39, 0.29) is 0 Å². The molecule has 0 fully saturated rings. The number of hydrogen-bond donors (Lipinski definition) is 1. The van der Waals surface area contributed by atoms with Crippen LogP contribution in [0, 0.1) is 0 Å². The van der Waals surface area contributed by atoms with Crippen molar-refractivity contribution in [2.45, 2.75) is 19.6 Å². The molecule has 0 aromatic carbocycles. The number of allylic oxidation sites excluding steroid dienone is 2. The quantitative estimate of drug-likeness (QED) is 0.817. The summed E-state index contributed by atoms with van der Waals surface area (Å²) in [5.41, 5.74) is 2.66. The molecule has 2 rings (SSSR count). The molecule has 1 atom stereocenters. The molecule has 3 heteroatoms. The maximum Gasteiger partial charge on any atom is 0.114 e. The summed E-state index contributed by atoms with van der Waals surface area (Å²) in [6.07, 6.45) is 6.74. The largest absolute Gasteiger partial charge is 0.383 e. The van der Waals surface area contributed by atoms with E-state index in [1.807, 2.05) is 37.3 Å². The zero-order chi connectivity index (χ0) is 11.4. The van der Waals surface area contributed by atoms with Gasteiger partial charge in [-0.1, -0.05) is 17.7 Å². The second-order valence-electron chi connectivity index (χ2n) is 3.75. The van der Waals surface area contributed by atoms with E-state index < -0.39 is 6.10 Å². The molecule has 82 valence electrons. The third kappa shape index (κ3) is 2.64. The van der Waals surface area contributed by atoms with Crippen LogP contribution < -0.4 is 0 Å². The Morgan fingerprint density at radius 1 is 1.38 bits per heavy atom. The molecule has 0 saturated carbocycles. The summed E-state index contributed by atoms with van der Waals surface area (Å²) < 4.78 is 0. The van der Waals surface area contributed by atoms with Crippen molar-refractivity contribution in [2.75, 3.05) is 0 Å². The maximum absolute atomic E-state index is 9.74. The van der Waals surface area contributed by atoms with Gasteiger partial charge in [0.15, 0.2) is 0 Å². The summed E-state index contributed by atoms with van der Waals surface area (Å²) in [7, 11) is 0. The average Bonchev–Trinajstić information content (AvgIpc) is 2.29. The number of hydrogen-bond acceptors (Lipinski definition) is 3. The van der Waals surface area contributed by atoms with Crippen LogP contribution in [0.15, 0.2) is 53.2 Å². The Morgan fingerprint density at radius 2 is 2.25 bits per heavy atom. The molecule has 3 nitrogen and oxygen atoms in total. The lowest BCUT2D eigenvalue weighted by Gasteiger charge is -2.11. The van der Waals surface area contributed by atoms with E-state index in [0.717, 1.165) is 11.3 Å². The van der Waals surface area contributed by atoms with E-state index >= 15 is 0 Å². The van der Waals surface area contributed by atoms with Crippen molar-refractivity contribution in [2.24, 2.45) is 4.99 Å². The summed E-state index contributed by atoms with van der Waals surface area (Å²) in [4.78, 5) is 8.52. The summed E-state index contributed by atoms with van der Waals surface area (Å²) in [5.74, 6) is 0. The van der Waals surface area contributed by atoms with Gasteiger partial charge in [-0.2, -0.15) is 0 Å². The highest BCUT2D eigenvalue weighted by atomic mass is 16.3. The highest BCUT2D eigenvalue weighted by molar-refractivity contribution is 6.01. The van der Waals surface area contributed by atoms with Gasteiger partial charge in [0.2, 0.25) is 0 Å². The first-order valence-corrected chi connectivity index (χ1v) is 5.24. The summed E-state index contributed by atoms with van der Waals surface area (Å²) in [6, 6.07) is 5.72. The Hall–Kier alpha value is -1.74. The molecule has 1 aromatic heterocycles. The SMILES string of the molecule is CC1=CC(O)/C(=N/Cc2ccccn2)C=C1. The number of pyridine rings is 1. The molecule has 1 unspecified atom stereocenters. The number of aliphatic hydroxyl groups excluding tert-OH is 1. The van der Waals surface area contributed by atoms with Crippen LogP contribution in [0.4, 0.5) is 0 Å². The van der Waals surface area contributed by atoms with Gasteiger partial charge < -0.3 is 5.11 Å². The summed E-state index contributed by atoms with van der Waals surface area (Å²) in [6.45, 7) is 2.46. The van der Waals surface area contributed by atoms with Gasteiger partial charge in [-0.05, 0) is 31.2 Å². The first-order chi connectivity index (χ1) is 7.75. The van der Waals surface area contributed by atoms with E-state index in [9.17, 15) is 5.11 Å². The standard InChI is InChI=1S/C13H14N2O/c1-10-5-6-12(13(16)8-10)15-9-11-4-2-3-7-14-11/h2-8,13,16H,9H2,1H3/b15-12+. The van der Waals surface area contributed by atoms with Crippen LogP contribution in [0.3, 0.4) is 0 Å². The number of aromatic nitrogens is 1. The Morgan fingerprint density at radius 3 is 2.94 bits per heavy atom. The Bertz CT molecular complexity index is 446. The van der Waals surface area contributed by atoms with Gasteiger partial charge in [0.1, 0.15) is 6.10 Å². The molecule has 0 bridgehead atoms. The number of nitrogens with zero attached hydrogens (tertiary/aromatic N) is 2. The van der Waals surface area contributed by atoms with E-state index in [2.05, 4.69) is 9.98 Å². The molecule has 0 amide bonds. The van der Waals surface area contributed by atoms with Crippen LogP contribution in [0.25, 0.3) is 0 Å². The van der Waals surface area contributed by atoms with Crippen LogP contribution in [0.1, 0.15) is 12.6 Å². The van der Waals surface area contributed by atoms with Gasteiger partial charge in [0.05, 0.1) is 18.0 Å². The summed E-state index contributed by atoms with van der Waals surface area (Å²) >= 11 is 0. The van der Waals surface area contributed by atoms with Gasteiger partial charge >= 0.3 is 0 Å². The highest BCUT2D eigenvalue weighted by Crippen LogP contribution is 2.09. The fourth-order valence-electron chi connectivity index (χ4n) is 1.52. The first kappa shape index (κ1) is 10.8. The van der Waals surface area contributed by atoms with Crippen molar-refractivity contribution in [3.05, 3.63) is 53.9 Å². The second kappa shape index (κ2) is 4.86. The molecular weight excluding hydrogens is 200 g/mol. The van der Waals surface area contributed by atoms with Crippen molar-refractivity contribution >= 4 is 5.71 Å². The molecule has 0 aliphatic heterocycles. The third-order valence-corrected chi connectivity index (χ3v) is 2.39. The minimum atomic E-state index is -0.589. The van der Waals surface area contributed by atoms with E-state index in [4.69, 9.17) is 0 Å². The van der Waals surface area contributed by atoms with E-state index in [1.54, 1.807) is 12.3 Å². The Balaban J connectivity index is 2.07. The van der Waals surface area contributed by atoms with E-state index in [1.165, 1.54) is 0 Å². The van der Waals surface area contributed by atoms with Crippen molar-refractivity contribution in [1.82, 2.24) is 4.98 Å². The molecule has 0 saturated heterocycles. The van der Waals surface area contributed by atoms with Crippen molar-refractivity contribution < 1.29 is 5.11 Å². The van der Waals surface area contributed by atoms with Gasteiger partial charge in [-0.25, -0.2) is 0 Å². The second-order valence-corrected chi connectivity index (χ2v) is 3.75. The lowest BCUT2D eigenvalue weighted by molar-refractivity contribution is 0.288. The lowest BCUT2D eigenvalue weighted by Crippen LogP contribution is -2.18. The van der Waals surface area contributed by atoms with Crippen LogP contribution in [0.2, 0.25) is 0 Å². The third-order valence-electron chi connectivity index (χ3n) is 2.39. The molecule has 0 radical (unpaired) electrons. The predicted molar refractivity (Wildman–Crippen MR) is 64.3 cm³/mol. The fraction of sp³-hybridized carbons (Fsp3) is 0.231. The number of rotatable bonds is 2. The number of aliphatic imine (C=N–C) groups is 1. The van der Waals surface area contributed by atoms with Gasteiger partial charge in [-0.3, -0.25) is 9.98 Å². The Kier molecular flexibility index (Phi) is 3.27. The molecule has 1 heterocycles. The van der Waals surface area contributed by atoms with Crippen LogP contribution in [0.5, 0.6) is 0 Å². The Labute approximate surface area is 94.9 Å². The fourth-order valence-corrected chi connectivity index (χ4v) is 1.52. The van der Waals surface area contributed by atoms with Gasteiger partial charge in [0.25, 0.3) is 0 Å². The van der Waals surface area contributed by atoms with Gasteiger partial charge in [0, 0.05) is 6.20 Å². The molecule has 0 spiro atoms. The first-order valence-electron chi connectivity index (χ1n) is 5.24. The minimum Gasteiger partial charge on any atom is -0.383 e. The number of aliphatic hydroxyl groups is 1. The maximum atomic E-state index is 9.74. The van der Waals surface area contributed by atoms with Crippen molar-refractivity contribution in [1.29, 1.82) is 0 Å². The monoisotopic (exact) mass is 214 g/mol. The zero-order valence-electron chi connectivity index (χ0n) is 9.17. The van der Waals surface area contributed by atoms with E-state index in [0.29, 0.717) is 12.3 Å². The molecule has 1 aliphatic rings. The van der Waals surface area contributed by atoms with Crippen molar-refractivity contribution in [3.8, 4) is 0 Å². The lowest BCUT2D eigenvalue weighted by atomic mass is 10.0. The smallest absolute Gasteiger partial charge is 0.114 e. The minimum absolute atomic E-state index is 0.504. The van der Waals surface area contributed by atoms with Gasteiger partial charge in [-0.15, -0.1) is 0 Å². The molecule has 16 heavy (non-hydrogen) atoms.